The number of halogens is 3. The van der Waals surface area contributed by atoms with Crippen molar-refractivity contribution in [2.24, 2.45) is 17.8 Å². The van der Waals surface area contributed by atoms with Crippen LogP contribution < -0.4 is 0 Å². The van der Waals surface area contributed by atoms with E-state index in [1.165, 1.54) is 142 Å². The molecule has 54 heavy (non-hydrogen) atoms. The van der Waals surface area contributed by atoms with Gasteiger partial charge in [-0.05, 0) is 73.4 Å². The first-order chi connectivity index (χ1) is 26.3. The van der Waals surface area contributed by atoms with Crippen molar-refractivity contribution in [3.8, 4) is 0 Å². The quantitative estimate of drug-likeness (QED) is 0.0815. The van der Waals surface area contributed by atoms with Crippen LogP contribution in [-0.4, -0.2) is 13.7 Å². The van der Waals surface area contributed by atoms with E-state index in [9.17, 15) is 0 Å². The molecular weight excluding hydrogens is 858 g/mol. The molecule has 3 nitrogen and oxygen atoms in total. The van der Waals surface area contributed by atoms with E-state index in [2.05, 4.69) is 158 Å². The summed E-state index contributed by atoms with van der Waals surface area (Å²) >= 11 is 11.8. The highest BCUT2D eigenvalue weighted by Crippen LogP contribution is 2.50. The van der Waals surface area contributed by atoms with Gasteiger partial charge in [0.05, 0.1) is 33.1 Å². The van der Waals surface area contributed by atoms with Gasteiger partial charge in [0, 0.05) is 65.4 Å². The Kier molecular flexibility index (Phi) is 12.9. The molecule has 7 aromatic rings. The van der Waals surface area contributed by atoms with Gasteiger partial charge in [0.15, 0.2) is 0 Å². The minimum atomic E-state index is 0.620. The molecule has 0 aliphatic rings. The van der Waals surface area contributed by atoms with Gasteiger partial charge in [0.2, 0.25) is 0 Å². The fourth-order valence-corrected chi connectivity index (χ4v) is 10.6. The molecular formula is C48H60Br3N3. The zero-order chi connectivity index (χ0) is 38.1. The topological polar surface area (TPSA) is 14.8 Å². The number of hydrogen-bond acceptors (Lipinski definition) is 0. The first-order valence-electron chi connectivity index (χ1n) is 21.2. The van der Waals surface area contributed by atoms with Crippen LogP contribution in [0, 0.1) is 17.8 Å². The second-order valence-electron chi connectivity index (χ2n) is 16.2. The SMILES string of the molecule is CCCCC(CC)Cn1c2cc(Br)ccc2c2c1c1c3ccc(Br)cc3n(CC(CC)CCCC)c1c1c3ccc(Br)cc3n(CC(CC)CCCC)c21. The van der Waals surface area contributed by atoms with Crippen molar-refractivity contribution in [3.63, 3.8) is 0 Å². The highest BCUT2D eigenvalue weighted by molar-refractivity contribution is 9.11. The highest BCUT2D eigenvalue weighted by Gasteiger charge is 2.29. The van der Waals surface area contributed by atoms with Gasteiger partial charge < -0.3 is 13.7 Å². The Balaban J connectivity index is 1.74. The lowest BCUT2D eigenvalue weighted by molar-refractivity contribution is 0.400. The number of aromatic nitrogens is 3. The van der Waals surface area contributed by atoms with Crippen molar-refractivity contribution in [1.82, 2.24) is 13.7 Å². The molecule has 4 aromatic carbocycles. The lowest BCUT2D eigenvalue weighted by Crippen LogP contribution is -2.12. The summed E-state index contributed by atoms with van der Waals surface area (Å²) in [7, 11) is 0. The van der Waals surface area contributed by atoms with Crippen LogP contribution in [0.1, 0.15) is 119 Å². The normalized spacial score (nSPS) is 14.2. The summed E-state index contributed by atoms with van der Waals surface area (Å²) < 4.78 is 11.8. The number of nitrogens with zero attached hydrogens (tertiary/aromatic N) is 3. The molecule has 288 valence electrons. The molecule has 6 heteroatoms. The van der Waals surface area contributed by atoms with Crippen molar-refractivity contribution in [2.75, 3.05) is 0 Å². The van der Waals surface area contributed by atoms with E-state index in [1.807, 2.05) is 0 Å². The maximum absolute atomic E-state index is 3.94. The van der Waals surface area contributed by atoms with Crippen LogP contribution in [0.4, 0.5) is 0 Å². The van der Waals surface area contributed by atoms with Crippen LogP contribution in [0.2, 0.25) is 0 Å². The molecule has 0 saturated heterocycles. The summed E-state index contributed by atoms with van der Waals surface area (Å²) in [6, 6.07) is 21.3. The Morgan fingerprint density at radius 2 is 0.704 bits per heavy atom. The van der Waals surface area contributed by atoms with Gasteiger partial charge in [-0.1, -0.05) is 165 Å². The molecule has 0 amide bonds. The van der Waals surface area contributed by atoms with Gasteiger partial charge in [0.1, 0.15) is 0 Å². The second-order valence-corrected chi connectivity index (χ2v) is 19.0. The Morgan fingerprint density at radius 3 is 0.944 bits per heavy atom. The summed E-state index contributed by atoms with van der Waals surface area (Å²) in [4.78, 5) is 0. The van der Waals surface area contributed by atoms with E-state index in [1.54, 1.807) is 0 Å². The predicted octanol–water partition coefficient (Wildman–Crippen LogP) is 16.9. The lowest BCUT2D eigenvalue weighted by atomic mass is 9.98. The summed E-state index contributed by atoms with van der Waals surface area (Å²) in [5.41, 5.74) is 8.35. The van der Waals surface area contributed by atoms with Gasteiger partial charge in [-0.2, -0.15) is 0 Å². The zero-order valence-corrected chi connectivity index (χ0v) is 38.3. The number of hydrogen-bond donors (Lipinski definition) is 0. The molecule has 0 aliphatic carbocycles. The molecule has 0 saturated carbocycles. The van der Waals surface area contributed by atoms with Crippen molar-refractivity contribution < 1.29 is 0 Å². The molecule has 0 spiro atoms. The monoisotopic (exact) mass is 915 g/mol. The summed E-state index contributed by atoms with van der Waals surface area (Å²) in [6.07, 6.45) is 14.9. The maximum atomic E-state index is 3.94. The molecule has 0 N–H and O–H groups in total. The smallest absolute Gasteiger partial charge is 0.0614 e. The van der Waals surface area contributed by atoms with Crippen LogP contribution in [-0.2, 0) is 19.6 Å². The first-order valence-corrected chi connectivity index (χ1v) is 23.6. The van der Waals surface area contributed by atoms with Gasteiger partial charge in [-0.15, -0.1) is 0 Å². The number of unbranched alkanes of at least 4 members (excludes halogenated alkanes) is 3. The third-order valence-electron chi connectivity index (χ3n) is 12.7. The molecule has 3 aromatic heterocycles. The third kappa shape index (κ3) is 7.35. The highest BCUT2D eigenvalue weighted by atomic mass is 79.9. The number of benzene rings is 4. The van der Waals surface area contributed by atoms with Crippen molar-refractivity contribution in [1.29, 1.82) is 0 Å². The second kappa shape index (κ2) is 17.5. The fourth-order valence-electron chi connectivity index (χ4n) is 9.56. The van der Waals surface area contributed by atoms with Crippen LogP contribution in [0.25, 0.3) is 65.4 Å². The van der Waals surface area contributed by atoms with Gasteiger partial charge in [-0.3, -0.25) is 0 Å². The largest absolute Gasteiger partial charge is 0.340 e. The van der Waals surface area contributed by atoms with Crippen molar-refractivity contribution in [2.45, 2.75) is 138 Å². The van der Waals surface area contributed by atoms with Gasteiger partial charge >= 0.3 is 0 Å². The molecule has 0 aliphatic heterocycles. The molecule has 0 fully saturated rings. The van der Waals surface area contributed by atoms with E-state index < -0.39 is 0 Å². The molecule has 7 rings (SSSR count). The van der Waals surface area contributed by atoms with Gasteiger partial charge in [0.25, 0.3) is 0 Å². The summed E-state index contributed by atoms with van der Waals surface area (Å²) in [5.74, 6) is 1.86. The molecule has 3 heterocycles. The predicted molar refractivity (Wildman–Crippen MR) is 248 cm³/mol. The molecule has 0 radical (unpaired) electrons. The number of rotatable bonds is 18. The zero-order valence-electron chi connectivity index (χ0n) is 33.5. The molecule has 3 atom stereocenters. The fraction of sp³-hybridized carbons (Fsp3) is 0.500. The third-order valence-corrected chi connectivity index (χ3v) is 14.2. The Bertz CT molecular complexity index is 2110. The van der Waals surface area contributed by atoms with Crippen molar-refractivity contribution in [3.05, 3.63) is 68.0 Å². The van der Waals surface area contributed by atoms with Gasteiger partial charge in [-0.25, -0.2) is 0 Å². The van der Waals surface area contributed by atoms with E-state index in [0.29, 0.717) is 17.8 Å². The van der Waals surface area contributed by atoms with Crippen LogP contribution >= 0.6 is 47.8 Å². The minimum absolute atomic E-state index is 0.620. The Morgan fingerprint density at radius 1 is 0.426 bits per heavy atom. The summed E-state index contributed by atoms with van der Waals surface area (Å²) in [6.45, 7) is 17.3. The Hall–Kier alpha value is -2.28. The average molecular weight is 919 g/mol. The van der Waals surface area contributed by atoms with Crippen LogP contribution in [0.3, 0.4) is 0 Å². The van der Waals surface area contributed by atoms with E-state index in [0.717, 1.165) is 33.1 Å². The standard InChI is InChI=1S/C48H60Br3N3/c1-7-13-16-31(10-4)28-52-40-25-34(49)19-22-37(40)43-46(52)44-38-23-20-35(50)26-41(38)53(29-32(11-5)17-14-8-2)48(44)45-39-24-21-36(51)27-42(39)54(47(43)45)30-33(12-6)18-15-9-3/h19-27,31-33H,7-18,28-30H2,1-6H3. The summed E-state index contributed by atoms with van der Waals surface area (Å²) in [5, 5.41) is 8.43. The molecule has 3 unspecified atom stereocenters. The number of fused-ring (bicyclic) bond motifs is 12. The van der Waals surface area contributed by atoms with E-state index in [4.69, 9.17) is 0 Å². The minimum Gasteiger partial charge on any atom is -0.340 e. The van der Waals surface area contributed by atoms with Crippen LogP contribution in [0.15, 0.2) is 68.0 Å². The first kappa shape index (κ1) is 39.9. The van der Waals surface area contributed by atoms with E-state index in [-0.39, 0.29) is 0 Å². The van der Waals surface area contributed by atoms with Crippen LogP contribution in [0.5, 0.6) is 0 Å². The lowest BCUT2D eigenvalue weighted by Gasteiger charge is -2.20. The van der Waals surface area contributed by atoms with Crippen molar-refractivity contribution >= 4 is 113 Å². The molecule has 0 bridgehead atoms. The average Bonchev–Trinajstić information content (AvgIpc) is 3.77. The van der Waals surface area contributed by atoms with E-state index >= 15 is 0 Å². The maximum Gasteiger partial charge on any atom is 0.0614 e. The Labute approximate surface area is 348 Å².